The van der Waals surface area contributed by atoms with Gasteiger partial charge in [0.25, 0.3) is 0 Å². The average Bonchev–Trinajstić information content (AvgIpc) is 2.56. The molecule has 2 rings (SSSR count). The number of halogens is 2. The van der Waals surface area contributed by atoms with Crippen molar-refractivity contribution >= 4 is 33.2 Å². The van der Waals surface area contributed by atoms with Crippen molar-refractivity contribution in [3.63, 3.8) is 0 Å². The van der Waals surface area contributed by atoms with Gasteiger partial charge in [-0.05, 0) is 49.2 Å². The fourth-order valence-electron chi connectivity index (χ4n) is 2.05. The quantitative estimate of drug-likeness (QED) is 0.763. The van der Waals surface area contributed by atoms with Crippen LogP contribution in [0.4, 0.5) is 14.5 Å². The van der Waals surface area contributed by atoms with Crippen LogP contribution in [-0.4, -0.2) is 25.8 Å². The zero-order chi connectivity index (χ0) is 18.6. The summed E-state index contributed by atoms with van der Waals surface area (Å²) in [5, 5.41) is 2.40. The molecule has 0 aromatic heterocycles. The van der Waals surface area contributed by atoms with Gasteiger partial charge < -0.3 is 5.32 Å². The molecule has 0 radical (unpaired) electrons. The molecule has 134 valence electrons. The summed E-state index contributed by atoms with van der Waals surface area (Å²) in [7, 11) is -4.79. The first-order chi connectivity index (χ1) is 11.7. The van der Waals surface area contributed by atoms with Gasteiger partial charge in [-0.1, -0.05) is 18.2 Å². The molecule has 4 nitrogen and oxygen atoms in total. The lowest BCUT2D eigenvalue weighted by atomic mass is 10.1. The highest BCUT2D eigenvalue weighted by Gasteiger charge is 2.29. The van der Waals surface area contributed by atoms with Crippen molar-refractivity contribution in [2.75, 3.05) is 11.1 Å². The SMILES string of the molecule is Cc1ccc(SCC(=O)Nc2ccccc2S(=O)(=O)C(F)F)cc1C. The molecule has 0 spiro atoms. The number of benzene rings is 2. The van der Waals surface area contributed by atoms with Gasteiger partial charge in [0.1, 0.15) is 0 Å². The van der Waals surface area contributed by atoms with Crippen molar-refractivity contribution in [1.29, 1.82) is 0 Å². The molecule has 0 atom stereocenters. The number of rotatable bonds is 6. The number of hydrogen-bond acceptors (Lipinski definition) is 4. The number of sulfone groups is 1. The smallest absolute Gasteiger partial charge is 0.324 e. The summed E-state index contributed by atoms with van der Waals surface area (Å²) in [6.45, 7) is 3.95. The van der Waals surface area contributed by atoms with Gasteiger partial charge in [0.2, 0.25) is 15.7 Å². The molecule has 1 N–H and O–H groups in total. The highest BCUT2D eigenvalue weighted by Crippen LogP contribution is 2.27. The van der Waals surface area contributed by atoms with Gasteiger partial charge in [-0.25, -0.2) is 8.42 Å². The Bertz CT molecular complexity index is 883. The number of aryl methyl sites for hydroxylation is 2. The van der Waals surface area contributed by atoms with Crippen LogP contribution in [0.25, 0.3) is 0 Å². The van der Waals surface area contributed by atoms with Crippen molar-refractivity contribution in [1.82, 2.24) is 0 Å². The Kier molecular flexibility index (Phi) is 6.18. The van der Waals surface area contributed by atoms with E-state index in [1.807, 2.05) is 32.0 Å². The molecule has 8 heteroatoms. The summed E-state index contributed by atoms with van der Waals surface area (Å²) in [6.07, 6.45) is 0. The maximum Gasteiger partial charge on any atom is 0.341 e. The lowest BCUT2D eigenvalue weighted by molar-refractivity contribution is -0.113. The molecule has 1 amide bonds. The Morgan fingerprint density at radius 1 is 1.12 bits per heavy atom. The Hall–Kier alpha value is -1.93. The summed E-state index contributed by atoms with van der Waals surface area (Å²) in [6, 6.07) is 10.9. The molecule has 0 fully saturated rings. The number of alkyl halides is 2. The van der Waals surface area contributed by atoms with Crippen LogP contribution < -0.4 is 5.32 Å². The van der Waals surface area contributed by atoms with Gasteiger partial charge in [-0.3, -0.25) is 4.79 Å². The molecule has 0 aliphatic heterocycles. The van der Waals surface area contributed by atoms with E-state index in [4.69, 9.17) is 0 Å². The van der Waals surface area contributed by atoms with Gasteiger partial charge in [0.15, 0.2) is 0 Å². The largest absolute Gasteiger partial charge is 0.341 e. The molecule has 0 heterocycles. The van der Waals surface area contributed by atoms with Gasteiger partial charge in [0.05, 0.1) is 16.3 Å². The minimum Gasteiger partial charge on any atom is -0.324 e. The predicted octanol–water partition coefficient (Wildman–Crippen LogP) is 4.03. The molecular formula is C17H17F2NO3S2. The molecule has 0 aliphatic carbocycles. The third-order valence-corrected chi connectivity index (χ3v) is 5.98. The number of carbonyl (C=O) groups excluding carboxylic acids is 1. The van der Waals surface area contributed by atoms with Gasteiger partial charge >= 0.3 is 5.76 Å². The highest BCUT2D eigenvalue weighted by atomic mass is 32.2. The number of carbonyl (C=O) groups is 1. The second-order valence-corrected chi connectivity index (χ2v) is 8.32. The molecule has 0 unspecified atom stereocenters. The van der Waals surface area contributed by atoms with E-state index in [9.17, 15) is 22.0 Å². The number of thioether (sulfide) groups is 1. The topological polar surface area (TPSA) is 63.2 Å². The summed E-state index contributed by atoms with van der Waals surface area (Å²) in [5.74, 6) is -3.98. The first kappa shape index (κ1) is 19.4. The number of amides is 1. The van der Waals surface area contributed by atoms with Crippen LogP contribution in [0.15, 0.2) is 52.3 Å². The predicted molar refractivity (Wildman–Crippen MR) is 94.9 cm³/mol. The van der Waals surface area contributed by atoms with Gasteiger partial charge in [-0.15, -0.1) is 11.8 Å². The molecule has 0 bridgehead atoms. The van der Waals surface area contributed by atoms with Crippen LogP contribution in [0.1, 0.15) is 11.1 Å². The van der Waals surface area contributed by atoms with E-state index >= 15 is 0 Å². The van der Waals surface area contributed by atoms with E-state index in [1.165, 1.54) is 30.0 Å². The van der Waals surface area contributed by atoms with E-state index in [1.54, 1.807) is 0 Å². The number of para-hydroxylation sites is 1. The normalized spacial score (nSPS) is 11.6. The van der Waals surface area contributed by atoms with Crippen LogP contribution in [-0.2, 0) is 14.6 Å². The van der Waals surface area contributed by atoms with Crippen LogP contribution in [0.5, 0.6) is 0 Å². The van der Waals surface area contributed by atoms with Gasteiger partial charge in [-0.2, -0.15) is 8.78 Å². The third kappa shape index (κ3) is 4.79. The average molecular weight is 385 g/mol. The van der Waals surface area contributed by atoms with Crippen LogP contribution >= 0.6 is 11.8 Å². The highest BCUT2D eigenvalue weighted by molar-refractivity contribution is 8.00. The molecule has 0 aliphatic rings. The first-order valence-corrected chi connectivity index (χ1v) is 9.86. The second kappa shape index (κ2) is 7.97. The Labute approximate surface area is 149 Å². The number of hydrogen-bond donors (Lipinski definition) is 1. The molecule has 2 aromatic rings. The van der Waals surface area contributed by atoms with E-state index in [0.717, 1.165) is 22.1 Å². The summed E-state index contributed by atoms with van der Waals surface area (Å²) in [4.78, 5) is 12.4. The molecule has 2 aromatic carbocycles. The monoisotopic (exact) mass is 385 g/mol. The second-order valence-electron chi connectivity index (χ2n) is 5.38. The van der Waals surface area contributed by atoms with Crippen LogP contribution in [0.3, 0.4) is 0 Å². The first-order valence-electron chi connectivity index (χ1n) is 7.33. The lowest BCUT2D eigenvalue weighted by Crippen LogP contribution is -2.19. The maximum atomic E-state index is 12.8. The van der Waals surface area contributed by atoms with Gasteiger partial charge in [0, 0.05) is 4.90 Å². The minimum absolute atomic E-state index is 0.0333. The van der Waals surface area contributed by atoms with E-state index in [0.29, 0.717) is 0 Å². The Morgan fingerprint density at radius 2 is 1.80 bits per heavy atom. The minimum atomic E-state index is -4.79. The summed E-state index contributed by atoms with van der Waals surface area (Å²) in [5.41, 5.74) is 2.09. The zero-order valence-electron chi connectivity index (χ0n) is 13.6. The van der Waals surface area contributed by atoms with E-state index in [2.05, 4.69) is 5.32 Å². The summed E-state index contributed by atoms with van der Waals surface area (Å²) >= 11 is 1.28. The molecule has 25 heavy (non-hydrogen) atoms. The molecule has 0 saturated heterocycles. The van der Waals surface area contributed by atoms with Crippen LogP contribution in [0.2, 0.25) is 0 Å². The zero-order valence-corrected chi connectivity index (χ0v) is 15.3. The third-order valence-electron chi connectivity index (χ3n) is 3.55. The number of anilines is 1. The Balaban J connectivity index is 2.10. The van der Waals surface area contributed by atoms with E-state index in [-0.39, 0.29) is 11.4 Å². The van der Waals surface area contributed by atoms with Crippen molar-refractivity contribution in [3.05, 3.63) is 53.6 Å². The van der Waals surface area contributed by atoms with Crippen molar-refractivity contribution in [2.24, 2.45) is 0 Å². The Morgan fingerprint density at radius 3 is 2.44 bits per heavy atom. The fraction of sp³-hybridized carbons (Fsp3) is 0.235. The fourth-order valence-corrected chi connectivity index (χ4v) is 3.73. The van der Waals surface area contributed by atoms with Crippen molar-refractivity contribution in [2.45, 2.75) is 29.4 Å². The number of nitrogens with one attached hydrogen (secondary N) is 1. The van der Waals surface area contributed by atoms with Crippen molar-refractivity contribution < 1.29 is 22.0 Å². The molecule has 0 saturated carbocycles. The standard InChI is InChI=1S/C17H17F2NO3S2/c1-11-7-8-13(9-12(11)2)24-10-16(21)20-14-5-3-4-6-15(14)25(22,23)17(18)19/h3-9,17H,10H2,1-2H3,(H,20,21). The molecular weight excluding hydrogens is 368 g/mol. The van der Waals surface area contributed by atoms with Crippen molar-refractivity contribution in [3.8, 4) is 0 Å². The van der Waals surface area contributed by atoms with E-state index < -0.39 is 26.4 Å². The summed E-state index contributed by atoms with van der Waals surface area (Å²) < 4.78 is 48.9. The van der Waals surface area contributed by atoms with Crippen LogP contribution in [0, 0.1) is 13.8 Å². The lowest BCUT2D eigenvalue weighted by Gasteiger charge is -2.11. The maximum absolute atomic E-state index is 12.8.